The molecule has 5 heteroatoms. The van der Waals surface area contributed by atoms with Gasteiger partial charge in [-0.05, 0) is 52.9 Å². The molecule has 2 aromatic carbocycles. The molecule has 0 aliphatic carbocycles. The molecule has 0 heterocycles. The van der Waals surface area contributed by atoms with E-state index in [9.17, 15) is 17.6 Å². The number of benzene rings is 2. The average molecular weight is 422 g/mol. The quantitative estimate of drug-likeness (QED) is 0.192. The van der Waals surface area contributed by atoms with Gasteiger partial charge in [-0.25, -0.2) is 17.6 Å². The zero-order valence-corrected chi connectivity index (χ0v) is 14.0. The summed E-state index contributed by atoms with van der Waals surface area (Å²) in [5.74, 6) is -6.18. The molecule has 0 aliphatic heterocycles. The molecule has 0 radical (unpaired) electrons. The van der Waals surface area contributed by atoms with Gasteiger partial charge in [-0.2, -0.15) is 0 Å². The van der Waals surface area contributed by atoms with Crippen molar-refractivity contribution in [3.05, 3.63) is 70.3 Å². The third-order valence-corrected chi connectivity index (χ3v) is 4.25. The van der Waals surface area contributed by atoms with Crippen LogP contribution in [0.5, 0.6) is 0 Å². The highest BCUT2D eigenvalue weighted by Crippen LogP contribution is 2.20. The summed E-state index contributed by atoms with van der Waals surface area (Å²) in [5.41, 5.74) is 2.03. The molecule has 0 spiro atoms. The maximum atomic E-state index is 13.6. The Hall–Kier alpha value is -1.11. The van der Waals surface area contributed by atoms with E-state index in [2.05, 4.69) is 22.6 Å². The second kappa shape index (κ2) is 7.94. The minimum absolute atomic E-state index is 0.118. The predicted octanol–water partition coefficient (Wildman–Crippen LogP) is 5.40. The topological polar surface area (TPSA) is 0 Å². The third-order valence-electron chi connectivity index (χ3n) is 3.48. The van der Waals surface area contributed by atoms with Gasteiger partial charge in [0, 0.05) is 0 Å². The van der Waals surface area contributed by atoms with Crippen LogP contribution in [0.15, 0.2) is 30.3 Å². The number of hydrogen-bond donors (Lipinski definition) is 0. The maximum Gasteiger partial charge on any atom is 0.197 e. The van der Waals surface area contributed by atoms with Crippen molar-refractivity contribution >= 4 is 22.6 Å². The Morgan fingerprint density at radius 3 is 1.91 bits per heavy atom. The van der Waals surface area contributed by atoms with E-state index in [1.165, 1.54) is 5.56 Å². The lowest BCUT2D eigenvalue weighted by atomic mass is 10.0. The monoisotopic (exact) mass is 422 g/mol. The van der Waals surface area contributed by atoms with Gasteiger partial charge in [0.15, 0.2) is 23.3 Å². The van der Waals surface area contributed by atoms with E-state index in [0.717, 1.165) is 28.9 Å². The summed E-state index contributed by atoms with van der Waals surface area (Å²) in [5, 5.41) is 0. The van der Waals surface area contributed by atoms with Gasteiger partial charge in [-0.1, -0.05) is 46.9 Å². The first-order chi connectivity index (χ1) is 10.5. The molecular weight excluding hydrogens is 407 g/mol. The van der Waals surface area contributed by atoms with Gasteiger partial charge >= 0.3 is 0 Å². The number of hydrogen-bond acceptors (Lipinski definition) is 0. The van der Waals surface area contributed by atoms with Crippen LogP contribution >= 0.6 is 22.6 Å². The molecule has 0 saturated carbocycles. The Morgan fingerprint density at radius 2 is 1.32 bits per heavy atom. The molecule has 0 N–H and O–H groups in total. The first-order valence-electron chi connectivity index (χ1n) is 6.98. The lowest BCUT2D eigenvalue weighted by molar-refractivity contribution is 0.403. The molecule has 0 atom stereocenters. The molecule has 0 unspecified atom stereocenters. The first-order valence-corrected chi connectivity index (χ1v) is 8.51. The van der Waals surface area contributed by atoms with E-state index in [-0.39, 0.29) is 12.0 Å². The molecule has 0 amide bonds. The molecular formula is C17H15F4I. The summed E-state index contributed by atoms with van der Waals surface area (Å²) in [4.78, 5) is 0. The number of aryl methyl sites for hydroxylation is 3. The van der Waals surface area contributed by atoms with Gasteiger partial charge in [0.05, 0.1) is 0 Å². The van der Waals surface area contributed by atoms with Gasteiger partial charge in [0.2, 0.25) is 0 Å². The van der Waals surface area contributed by atoms with Gasteiger partial charge in [0.1, 0.15) is 0 Å². The van der Waals surface area contributed by atoms with Crippen molar-refractivity contribution in [1.82, 2.24) is 0 Å². The summed E-state index contributed by atoms with van der Waals surface area (Å²) in [6, 6.07) is 8.59. The first kappa shape index (κ1) is 17.2. The minimum atomic E-state index is -1.76. The van der Waals surface area contributed by atoms with Crippen molar-refractivity contribution in [1.29, 1.82) is 0 Å². The molecule has 0 aliphatic rings. The molecule has 0 fully saturated rings. The van der Waals surface area contributed by atoms with E-state index >= 15 is 0 Å². The van der Waals surface area contributed by atoms with E-state index in [1.807, 2.05) is 24.3 Å². The van der Waals surface area contributed by atoms with Gasteiger partial charge in [-0.3, -0.25) is 0 Å². The summed E-state index contributed by atoms with van der Waals surface area (Å²) in [7, 11) is 0. The van der Waals surface area contributed by atoms with E-state index in [1.54, 1.807) is 0 Å². The maximum absolute atomic E-state index is 13.6. The van der Waals surface area contributed by atoms with Gasteiger partial charge < -0.3 is 0 Å². The lowest BCUT2D eigenvalue weighted by Crippen LogP contribution is -2.03. The fourth-order valence-electron chi connectivity index (χ4n) is 2.23. The molecule has 0 bridgehead atoms. The van der Waals surface area contributed by atoms with E-state index < -0.39 is 23.3 Å². The van der Waals surface area contributed by atoms with Crippen LogP contribution in [-0.4, -0.2) is 4.43 Å². The van der Waals surface area contributed by atoms with Crippen LogP contribution in [-0.2, 0) is 19.3 Å². The van der Waals surface area contributed by atoms with Crippen molar-refractivity contribution in [2.24, 2.45) is 0 Å². The molecule has 22 heavy (non-hydrogen) atoms. The third kappa shape index (κ3) is 4.21. The standard InChI is InChI=1S/C17H15F4I/c18-14-10-13(15(19)17(21)16(14)20)8-7-12-5-3-11(4-6-12)2-1-9-22/h3-6,10H,1-2,7-9H2. The van der Waals surface area contributed by atoms with Crippen LogP contribution in [0.2, 0.25) is 0 Å². The average Bonchev–Trinajstić information content (AvgIpc) is 2.54. The van der Waals surface area contributed by atoms with Crippen LogP contribution in [0, 0.1) is 23.3 Å². The van der Waals surface area contributed by atoms with Crippen LogP contribution in [0.4, 0.5) is 17.6 Å². The van der Waals surface area contributed by atoms with Gasteiger partial charge in [-0.15, -0.1) is 0 Å². The minimum Gasteiger partial charge on any atom is -0.204 e. The molecule has 118 valence electrons. The summed E-state index contributed by atoms with van der Waals surface area (Å²) in [6.45, 7) is 0. The number of alkyl halides is 1. The van der Waals surface area contributed by atoms with Gasteiger partial charge in [0.25, 0.3) is 0 Å². The molecule has 0 nitrogen and oxygen atoms in total. The lowest BCUT2D eigenvalue weighted by Gasteiger charge is -2.07. The Balaban J connectivity index is 2.04. The van der Waals surface area contributed by atoms with E-state index in [0.29, 0.717) is 6.42 Å². The van der Waals surface area contributed by atoms with Crippen molar-refractivity contribution in [3.8, 4) is 0 Å². The zero-order valence-electron chi connectivity index (χ0n) is 11.8. The molecule has 2 aromatic rings. The van der Waals surface area contributed by atoms with Crippen molar-refractivity contribution in [2.75, 3.05) is 4.43 Å². The summed E-state index contributed by atoms with van der Waals surface area (Å²) < 4.78 is 53.8. The fourth-order valence-corrected chi connectivity index (χ4v) is 2.61. The highest BCUT2D eigenvalue weighted by atomic mass is 127. The normalized spacial score (nSPS) is 11.0. The second-order valence-electron chi connectivity index (χ2n) is 5.07. The Kier molecular flexibility index (Phi) is 6.23. The fraction of sp³-hybridized carbons (Fsp3) is 0.294. The van der Waals surface area contributed by atoms with E-state index in [4.69, 9.17) is 0 Å². The molecule has 2 rings (SSSR count). The largest absolute Gasteiger partial charge is 0.204 e. The second-order valence-corrected chi connectivity index (χ2v) is 6.15. The zero-order chi connectivity index (χ0) is 16.1. The number of halogens is 5. The predicted molar refractivity (Wildman–Crippen MR) is 87.3 cm³/mol. The molecule has 0 aromatic heterocycles. The van der Waals surface area contributed by atoms with Crippen LogP contribution in [0.25, 0.3) is 0 Å². The SMILES string of the molecule is Fc1cc(CCc2ccc(CCCI)cc2)c(F)c(F)c1F. The molecule has 0 saturated heterocycles. The van der Waals surface area contributed by atoms with Crippen LogP contribution < -0.4 is 0 Å². The number of rotatable bonds is 6. The van der Waals surface area contributed by atoms with Crippen molar-refractivity contribution in [2.45, 2.75) is 25.7 Å². The Morgan fingerprint density at radius 1 is 0.727 bits per heavy atom. The summed E-state index contributed by atoms with van der Waals surface area (Å²) >= 11 is 2.33. The van der Waals surface area contributed by atoms with Crippen LogP contribution in [0.3, 0.4) is 0 Å². The van der Waals surface area contributed by atoms with Crippen molar-refractivity contribution < 1.29 is 17.6 Å². The summed E-state index contributed by atoms with van der Waals surface area (Å²) in [6.07, 6.45) is 2.67. The van der Waals surface area contributed by atoms with Crippen LogP contribution in [0.1, 0.15) is 23.1 Å². The smallest absolute Gasteiger partial charge is 0.197 e. The highest BCUT2D eigenvalue weighted by molar-refractivity contribution is 14.1. The Bertz CT molecular complexity index is 638. The highest BCUT2D eigenvalue weighted by Gasteiger charge is 2.18. The Labute approximate surface area is 140 Å². The van der Waals surface area contributed by atoms with Crippen molar-refractivity contribution in [3.63, 3.8) is 0 Å².